The van der Waals surface area contributed by atoms with Crippen LogP contribution in [0.1, 0.15) is 48.4 Å². The summed E-state index contributed by atoms with van der Waals surface area (Å²) in [6.45, 7) is 4.66. The Morgan fingerprint density at radius 1 is 1.22 bits per heavy atom. The van der Waals surface area contributed by atoms with Gasteiger partial charge in [0, 0.05) is 36.2 Å². The molecular formula is C21H24F2N2OS. The molecule has 3 nitrogen and oxygen atoms in total. The average molecular weight is 390 g/mol. The Morgan fingerprint density at radius 2 is 1.93 bits per heavy atom. The lowest BCUT2D eigenvalue weighted by Gasteiger charge is -2.30. The van der Waals surface area contributed by atoms with Crippen LogP contribution in [0.4, 0.5) is 8.78 Å². The highest BCUT2D eigenvalue weighted by Crippen LogP contribution is 2.31. The van der Waals surface area contributed by atoms with Crippen molar-refractivity contribution in [2.24, 2.45) is 5.92 Å². The summed E-state index contributed by atoms with van der Waals surface area (Å²) in [4.78, 5) is 19.8. The van der Waals surface area contributed by atoms with Gasteiger partial charge in [-0.25, -0.2) is 13.8 Å². The van der Waals surface area contributed by atoms with Gasteiger partial charge in [0.05, 0.1) is 5.69 Å². The Balaban J connectivity index is 1.65. The van der Waals surface area contributed by atoms with Crippen LogP contribution in [-0.2, 0) is 11.7 Å². The van der Waals surface area contributed by atoms with Crippen molar-refractivity contribution in [2.45, 2.75) is 43.3 Å². The lowest BCUT2D eigenvalue weighted by atomic mass is 9.99. The summed E-state index contributed by atoms with van der Waals surface area (Å²) >= 11 is 1.44. The highest BCUT2D eigenvalue weighted by Gasteiger charge is 2.24. The number of aromatic nitrogens is 1. The fourth-order valence-electron chi connectivity index (χ4n) is 3.07. The zero-order valence-electron chi connectivity index (χ0n) is 15.6. The third-order valence-corrected chi connectivity index (χ3v) is 5.85. The largest absolute Gasteiger partial charge is 0.337 e. The first-order valence-corrected chi connectivity index (χ1v) is 10.2. The van der Waals surface area contributed by atoms with Gasteiger partial charge in [0.25, 0.3) is 11.8 Å². The molecule has 0 spiro atoms. The van der Waals surface area contributed by atoms with E-state index < -0.39 is 5.92 Å². The summed E-state index contributed by atoms with van der Waals surface area (Å²) in [5.74, 6) is -1.69. The first-order valence-electron chi connectivity index (χ1n) is 9.19. The number of hydrogen-bond donors (Lipinski definition) is 0. The molecule has 1 saturated heterocycles. The molecule has 0 unspecified atom stereocenters. The van der Waals surface area contributed by atoms with Gasteiger partial charge in [-0.3, -0.25) is 4.79 Å². The Kier molecular flexibility index (Phi) is 6.15. The minimum absolute atomic E-state index is 0.00344. The van der Waals surface area contributed by atoms with Gasteiger partial charge in [-0.2, -0.15) is 0 Å². The van der Waals surface area contributed by atoms with Gasteiger partial charge < -0.3 is 4.90 Å². The van der Waals surface area contributed by atoms with Gasteiger partial charge in [0.2, 0.25) is 0 Å². The smallest absolute Gasteiger partial charge is 0.272 e. The summed E-state index contributed by atoms with van der Waals surface area (Å²) in [5.41, 5.74) is 1.23. The van der Waals surface area contributed by atoms with Crippen LogP contribution in [0.25, 0.3) is 0 Å². The third kappa shape index (κ3) is 5.28. The van der Waals surface area contributed by atoms with Crippen molar-refractivity contribution in [1.29, 1.82) is 0 Å². The summed E-state index contributed by atoms with van der Waals surface area (Å²) in [6.07, 6.45) is 2.05. The quantitative estimate of drug-likeness (QED) is 0.645. The van der Waals surface area contributed by atoms with E-state index in [9.17, 15) is 13.6 Å². The number of pyridine rings is 1. The molecule has 0 radical (unpaired) electrons. The molecule has 2 aromatic rings. The van der Waals surface area contributed by atoms with Crippen molar-refractivity contribution >= 4 is 17.7 Å². The highest BCUT2D eigenvalue weighted by molar-refractivity contribution is 7.98. The van der Waals surface area contributed by atoms with Crippen molar-refractivity contribution in [3.8, 4) is 0 Å². The Hall–Kier alpha value is -1.95. The predicted molar refractivity (Wildman–Crippen MR) is 104 cm³/mol. The number of alkyl halides is 2. The molecule has 1 aliphatic heterocycles. The minimum Gasteiger partial charge on any atom is -0.337 e. The zero-order chi connectivity index (χ0) is 19.4. The number of nitrogens with zero attached hydrogens (tertiary/aromatic N) is 2. The van der Waals surface area contributed by atoms with Crippen molar-refractivity contribution < 1.29 is 13.6 Å². The zero-order valence-corrected chi connectivity index (χ0v) is 16.4. The monoisotopic (exact) mass is 390 g/mol. The number of halogens is 2. The fraction of sp³-hybridized carbons (Fsp3) is 0.429. The molecule has 144 valence electrons. The molecule has 1 aliphatic rings. The molecule has 6 heteroatoms. The third-order valence-electron chi connectivity index (χ3n) is 4.82. The van der Waals surface area contributed by atoms with Gasteiger partial charge in [-0.05, 0) is 43.0 Å². The first-order chi connectivity index (χ1) is 12.8. The molecule has 0 saturated carbocycles. The molecule has 1 amide bonds. The van der Waals surface area contributed by atoms with Crippen LogP contribution in [-0.4, -0.2) is 28.9 Å². The van der Waals surface area contributed by atoms with Crippen LogP contribution in [0.3, 0.4) is 0 Å². The number of thioether (sulfide) groups is 1. The normalized spacial score (nSPS) is 15.8. The van der Waals surface area contributed by atoms with E-state index in [1.165, 1.54) is 23.9 Å². The molecule has 1 aromatic carbocycles. The molecule has 0 aliphatic carbocycles. The number of piperidine rings is 1. The van der Waals surface area contributed by atoms with Crippen molar-refractivity contribution in [1.82, 2.24) is 9.88 Å². The Labute approximate surface area is 163 Å². The van der Waals surface area contributed by atoms with E-state index in [4.69, 9.17) is 0 Å². The fourth-order valence-corrected chi connectivity index (χ4v) is 3.93. The number of amides is 1. The van der Waals surface area contributed by atoms with Crippen LogP contribution in [0.5, 0.6) is 0 Å². The number of likely N-dealkylation sites (tertiary alicyclic amines) is 1. The van der Waals surface area contributed by atoms with E-state index in [2.05, 4.69) is 11.9 Å². The molecule has 0 N–H and O–H groups in total. The molecule has 3 rings (SSSR count). The Morgan fingerprint density at radius 3 is 2.63 bits per heavy atom. The molecular weight excluding hydrogens is 366 g/mol. The van der Waals surface area contributed by atoms with Crippen molar-refractivity contribution in [3.05, 3.63) is 59.4 Å². The topological polar surface area (TPSA) is 33.2 Å². The van der Waals surface area contributed by atoms with E-state index >= 15 is 0 Å². The lowest BCUT2D eigenvalue weighted by Crippen LogP contribution is -2.38. The Bertz CT molecular complexity index is 799. The molecule has 1 fully saturated rings. The van der Waals surface area contributed by atoms with Gasteiger partial charge in [0.1, 0.15) is 5.69 Å². The number of benzene rings is 1. The van der Waals surface area contributed by atoms with E-state index in [1.54, 1.807) is 12.1 Å². The van der Waals surface area contributed by atoms with Crippen LogP contribution < -0.4 is 0 Å². The van der Waals surface area contributed by atoms with E-state index in [-0.39, 0.29) is 11.5 Å². The standard InChI is InChI=1S/C21H24F2N2OS/c1-15-9-11-25(12-10-15)20(26)19-8-4-6-17(24-19)14-27-18-7-3-5-16(13-18)21(2,22)23/h3-8,13,15H,9-12,14H2,1-2H3. The molecule has 1 aromatic heterocycles. The summed E-state index contributed by atoms with van der Waals surface area (Å²) in [6, 6.07) is 11.8. The van der Waals surface area contributed by atoms with Crippen LogP contribution in [0.15, 0.2) is 47.4 Å². The average Bonchev–Trinajstić information content (AvgIpc) is 2.66. The number of carbonyl (C=O) groups is 1. The van der Waals surface area contributed by atoms with Gasteiger partial charge in [-0.15, -0.1) is 11.8 Å². The predicted octanol–water partition coefficient (Wildman–Crippen LogP) is 5.36. The minimum atomic E-state index is -2.85. The van der Waals surface area contributed by atoms with Gasteiger partial charge in [0.15, 0.2) is 0 Å². The first kappa shape index (κ1) is 19.8. The number of hydrogen-bond acceptors (Lipinski definition) is 3. The van der Waals surface area contributed by atoms with Gasteiger partial charge in [-0.1, -0.05) is 25.1 Å². The van der Waals surface area contributed by atoms with E-state index in [0.717, 1.165) is 43.4 Å². The number of rotatable bonds is 5. The van der Waals surface area contributed by atoms with Crippen molar-refractivity contribution in [2.75, 3.05) is 13.1 Å². The SMILES string of the molecule is CC1CCN(C(=O)c2cccc(CSc3cccc(C(C)(F)F)c3)n2)CC1. The van der Waals surface area contributed by atoms with E-state index in [1.807, 2.05) is 23.1 Å². The second-order valence-electron chi connectivity index (χ2n) is 7.19. The lowest BCUT2D eigenvalue weighted by molar-refractivity contribution is 0.0172. The second-order valence-corrected chi connectivity index (χ2v) is 8.24. The molecule has 0 bridgehead atoms. The second kappa shape index (κ2) is 8.38. The maximum atomic E-state index is 13.5. The van der Waals surface area contributed by atoms with Crippen LogP contribution in [0.2, 0.25) is 0 Å². The highest BCUT2D eigenvalue weighted by atomic mass is 32.2. The summed E-state index contributed by atoms with van der Waals surface area (Å²) in [7, 11) is 0. The van der Waals surface area contributed by atoms with Crippen LogP contribution in [0, 0.1) is 5.92 Å². The summed E-state index contributed by atoms with van der Waals surface area (Å²) < 4.78 is 27.0. The maximum Gasteiger partial charge on any atom is 0.272 e. The maximum absolute atomic E-state index is 13.5. The molecule has 2 heterocycles. The summed E-state index contributed by atoms with van der Waals surface area (Å²) in [5, 5.41) is 0. The van der Waals surface area contributed by atoms with Gasteiger partial charge >= 0.3 is 0 Å². The van der Waals surface area contributed by atoms with E-state index in [0.29, 0.717) is 17.4 Å². The molecule has 27 heavy (non-hydrogen) atoms. The van der Waals surface area contributed by atoms with Crippen molar-refractivity contribution in [3.63, 3.8) is 0 Å². The molecule has 0 atom stereocenters. The van der Waals surface area contributed by atoms with Crippen LogP contribution >= 0.6 is 11.8 Å². The number of carbonyl (C=O) groups excluding carboxylic acids is 1.